The highest BCUT2D eigenvalue weighted by Crippen LogP contribution is 2.27. The molecule has 1 saturated heterocycles. The highest BCUT2D eigenvalue weighted by molar-refractivity contribution is 5.78. The van der Waals surface area contributed by atoms with Crippen molar-refractivity contribution in [2.75, 3.05) is 26.7 Å². The van der Waals surface area contributed by atoms with E-state index in [2.05, 4.69) is 20.4 Å². The molecule has 7 heteroatoms. The van der Waals surface area contributed by atoms with Crippen LogP contribution in [0.15, 0.2) is 4.52 Å². The van der Waals surface area contributed by atoms with Crippen LogP contribution in [-0.4, -0.2) is 53.7 Å². The van der Waals surface area contributed by atoms with Crippen molar-refractivity contribution in [2.45, 2.75) is 57.6 Å². The van der Waals surface area contributed by atoms with E-state index in [0.717, 1.165) is 25.9 Å². The number of hydrogen-bond acceptors (Lipinski definition) is 6. The lowest BCUT2D eigenvalue weighted by molar-refractivity contribution is -0.127. The van der Waals surface area contributed by atoms with Crippen molar-refractivity contribution in [3.63, 3.8) is 0 Å². The number of hydrogen-bond donors (Lipinski definition) is 1. The predicted octanol–water partition coefficient (Wildman–Crippen LogP) is 1.53. The smallest absolute Gasteiger partial charge is 0.228 e. The summed E-state index contributed by atoms with van der Waals surface area (Å²) >= 11 is 0. The molecule has 1 saturated carbocycles. The fourth-order valence-electron chi connectivity index (χ4n) is 3.84. The van der Waals surface area contributed by atoms with Gasteiger partial charge in [0.15, 0.2) is 5.82 Å². The second-order valence-corrected chi connectivity index (χ2v) is 6.85. The average molecular weight is 336 g/mol. The maximum atomic E-state index is 12.4. The molecule has 2 fully saturated rings. The van der Waals surface area contributed by atoms with Crippen LogP contribution in [0, 0.1) is 5.92 Å². The molecule has 2 aliphatic rings. The van der Waals surface area contributed by atoms with Gasteiger partial charge in [-0.3, -0.25) is 9.69 Å². The number of piperidine rings is 1. The lowest BCUT2D eigenvalue weighted by Crippen LogP contribution is -2.46. The van der Waals surface area contributed by atoms with Crippen molar-refractivity contribution in [3.8, 4) is 0 Å². The van der Waals surface area contributed by atoms with E-state index in [1.165, 1.54) is 25.7 Å². The summed E-state index contributed by atoms with van der Waals surface area (Å²) < 4.78 is 10.1. The Bertz CT molecular complexity index is 528. The first-order valence-corrected chi connectivity index (χ1v) is 9.08. The Hall–Kier alpha value is -1.47. The third-order valence-corrected chi connectivity index (χ3v) is 5.09. The van der Waals surface area contributed by atoms with Crippen LogP contribution in [0.4, 0.5) is 0 Å². The van der Waals surface area contributed by atoms with Crippen LogP contribution in [0.1, 0.15) is 50.2 Å². The van der Waals surface area contributed by atoms with Gasteiger partial charge in [0.2, 0.25) is 11.8 Å². The molecule has 134 valence electrons. The second kappa shape index (κ2) is 8.58. The van der Waals surface area contributed by atoms with Crippen LogP contribution < -0.4 is 5.32 Å². The largest absolute Gasteiger partial charge is 0.377 e. The Morgan fingerprint density at radius 3 is 2.96 bits per heavy atom. The van der Waals surface area contributed by atoms with Gasteiger partial charge >= 0.3 is 0 Å². The second-order valence-electron chi connectivity index (χ2n) is 6.85. The van der Waals surface area contributed by atoms with Crippen LogP contribution in [0.3, 0.4) is 0 Å². The Labute approximate surface area is 143 Å². The summed E-state index contributed by atoms with van der Waals surface area (Å²) in [6.45, 7) is 2.94. The molecule has 1 aliphatic carbocycles. The Morgan fingerprint density at radius 1 is 1.33 bits per heavy atom. The number of ether oxygens (including phenoxy) is 1. The third-order valence-electron chi connectivity index (χ3n) is 5.09. The maximum absolute atomic E-state index is 12.4. The van der Waals surface area contributed by atoms with Crippen molar-refractivity contribution in [1.82, 2.24) is 20.4 Å². The Morgan fingerprint density at radius 2 is 2.17 bits per heavy atom. The van der Waals surface area contributed by atoms with E-state index in [9.17, 15) is 4.79 Å². The quantitative estimate of drug-likeness (QED) is 0.813. The van der Waals surface area contributed by atoms with Crippen molar-refractivity contribution in [1.29, 1.82) is 0 Å². The van der Waals surface area contributed by atoms with Crippen LogP contribution in [-0.2, 0) is 22.6 Å². The zero-order valence-electron chi connectivity index (χ0n) is 14.5. The maximum Gasteiger partial charge on any atom is 0.228 e. The number of likely N-dealkylation sites (tertiary alicyclic amines) is 1. The molecular formula is C17H28N4O3. The zero-order chi connectivity index (χ0) is 16.8. The molecular weight excluding hydrogens is 308 g/mol. The molecule has 0 radical (unpaired) electrons. The molecule has 1 atom stereocenters. The molecule has 24 heavy (non-hydrogen) atoms. The molecule has 1 aliphatic heterocycles. The van der Waals surface area contributed by atoms with E-state index in [0.29, 0.717) is 37.3 Å². The molecule has 7 nitrogen and oxygen atoms in total. The van der Waals surface area contributed by atoms with Gasteiger partial charge in [-0.25, -0.2) is 0 Å². The van der Waals surface area contributed by atoms with Gasteiger partial charge in [-0.05, 0) is 32.2 Å². The summed E-state index contributed by atoms with van der Waals surface area (Å²) in [6, 6.07) is 0.707. The first-order valence-electron chi connectivity index (χ1n) is 9.08. The van der Waals surface area contributed by atoms with Crippen LogP contribution in [0.25, 0.3) is 0 Å². The highest BCUT2D eigenvalue weighted by Gasteiger charge is 2.30. The first-order chi connectivity index (χ1) is 11.8. The Balaban J connectivity index is 1.40. The van der Waals surface area contributed by atoms with Gasteiger partial charge in [0.05, 0.1) is 5.92 Å². The van der Waals surface area contributed by atoms with Gasteiger partial charge in [-0.2, -0.15) is 4.98 Å². The van der Waals surface area contributed by atoms with Gasteiger partial charge in [-0.15, -0.1) is 0 Å². The van der Waals surface area contributed by atoms with Crippen molar-refractivity contribution in [3.05, 3.63) is 11.7 Å². The number of methoxy groups -OCH3 is 1. The van der Waals surface area contributed by atoms with E-state index in [1.54, 1.807) is 7.11 Å². The van der Waals surface area contributed by atoms with Gasteiger partial charge in [-0.1, -0.05) is 18.0 Å². The summed E-state index contributed by atoms with van der Waals surface area (Å²) in [5.41, 5.74) is 0. The van der Waals surface area contributed by atoms with Crippen molar-refractivity contribution >= 4 is 5.91 Å². The molecule has 0 spiro atoms. The minimum Gasteiger partial charge on any atom is -0.377 e. The van der Waals surface area contributed by atoms with Crippen LogP contribution in [0.2, 0.25) is 0 Å². The van der Waals surface area contributed by atoms with Crippen LogP contribution in [0.5, 0.6) is 0 Å². The lowest BCUT2D eigenvalue weighted by Gasteiger charge is -2.36. The van der Waals surface area contributed by atoms with E-state index < -0.39 is 0 Å². The van der Waals surface area contributed by atoms with Gasteiger partial charge in [0.25, 0.3) is 0 Å². The van der Waals surface area contributed by atoms with E-state index in [1.807, 2.05) is 0 Å². The van der Waals surface area contributed by atoms with E-state index >= 15 is 0 Å². The molecule has 1 aromatic heterocycles. The number of nitrogens with zero attached hydrogens (tertiary/aromatic N) is 3. The monoisotopic (exact) mass is 336 g/mol. The van der Waals surface area contributed by atoms with Gasteiger partial charge < -0.3 is 14.6 Å². The number of carbonyl (C=O) groups excluding carboxylic acids is 1. The molecule has 2 heterocycles. The minimum absolute atomic E-state index is 0.117. The third kappa shape index (κ3) is 4.54. The fourth-order valence-corrected chi connectivity index (χ4v) is 3.84. The topological polar surface area (TPSA) is 80.5 Å². The predicted molar refractivity (Wildman–Crippen MR) is 88.3 cm³/mol. The summed E-state index contributed by atoms with van der Waals surface area (Å²) in [7, 11) is 1.59. The highest BCUT2D eigenvalue weighted by atomic mass is 16.5. The number of rotatable bonds is 7. The average Bonchev–Trinajstić information content (AvgIpc) is 3.27. The zero-order valence-corrected chi connectivity index (χ0v) is 14.5. The number of aromatic nitrogens is 2. The van der Waals surface area contributed by atoms with Crippen molar-refractivity contribution in [2.24, 2.45) is 5.92 Å². The Kier molecular flexibility index (Phi) is 6.20. The van der Waals surface area contributed by atoms with E-state index in [4.69, 9.17) is 9.26 Å². The first kappa shape index (κ1) is 17.4. The molecule has 1 amide bonds. The SMILES string of the molecule is COCc1noc(CCNC(=O)C2CCCN(C3CCCC3)C2)n1. The summed E-state index contributed by atoms with van der Waals surface area (Å²) in [5, 5.41) is 6.85. The van der Waals surface area contributed by atoms with Crippen molar-refractivity contribution < 1.29 is 14.1 Å². The lowest BCUT2D eigenvalue weighted by atomic mass is 9.95. The standard InChI is InChI=1S/C17H28N4O3/c1-23-12-15-19-16(24-20-15)8-9-18-17(22)13-5-4-10-21(11-13)14-6-2-3-7-14/h13-14H,2-12H2,1H3,(H,18,22). The minimum atomic E-state index is 0.117. The number of carbonyl (C=O) groups is 1. The molecule has 3 rings (SSSR count). The number of nitrogens with one attached hydrogen (secondary N) is 1. The molecule has 1 N–H and O–H groups in total. The van der Waals surface area contributed by atoms with Gasteiger partial charge in [0.1, 0.15) is 6.61 Å². The fraction of sp³-hybridized carbons (Fsp3) is 0.824. The molecule has 0 bridgehead atoms. The van der Waals surface area contributed by atoms with E-state index in [-0.39, 0.29) is 11.8 Å². The van der Waals surface area contributed by atoms with Crippen LogP contribution >= 0.6 is 0 Å². The normalized spacial score (nSPS) is 22.8. The summed E-state index contributed by atoms with van der Waals surface area (Å²) in [4.78, 5) is 19.2. The molecule has 1 unspecified atom stereocenters. The number of amides is 1. The molecule has 0 aromatic carbocycles. The molecule has 1 aromatic rings. The summed E-state index contributed by atoms with van der Waals surface area (Å²) in [6.07, 6.45) is 7.96. The summed E-state index contributed by atoms with van der Waals surface area (Å²) in [5.74, 6) is 1.36. The van der Waals surface area contributed by atoms with Gasteiger partial charge in [0, 0.05) is 32.7 Å².